The van der Waals surface area contributed by atoms with Crippen LogP contribution in [0.1, 0.15) is 0 Å². The third kappa shape index (κ3) is 5.06. The maximum atomic E-state index is 13.7. The molecule has 0 aliphatic carbocycles. The van der Waals surface area contributed by atoms with Gasteiger partial charge in [0.1, 0.15) is 6.61 Å². The third-order valence-electron chi connectivity index (χ3n) is 4.66. The minimum absolute atomic E-state index is 0.836. The van der Waals surface area contributed by atoms with Crippen molar-refractivity contribution in [2.45, 2.75) is 85.0 Å². The molecular weight excluding hydrogens is 661 g/mol. The van der Waals surface area contributed by atoms with Crippen LogP contribution in [0.3, 0.4) is 0 Å². The Morgan fingerprint density at radius 3 is 0.750 bits per heavy atom. The summed E-state index contributed by atoms with van der Waals surface area (Å²) in [6.07, 6.45) is -8.09. The molecule has 25 heteroatoms. The van der Waals surface area contributed by atoms with Crippen molar-refractivity contribution in [1.82, 2.24) is 0 Å². The van der Waals surface area contributed by atoms with Gasteiger partial charge in [0.15, 0.2) is 8.32 Å². The van der Waals surface area contributed by atoms with E-state index < -0.39 is 80.3 Å². The lowest BCUT2D eigenvalue weighted by Crippen LogP contribution is -2.77. The minimum atomic E-state index is -9.39. The largest absolute Gasteiger partial charge is 0.460 e. The molecule has 0 N–H and O–H groups in total. The molecule has 0 fully saturated rings. The second-order valence-corrected chi connectivity index (χ2v) is 13.3. The zero-order chi connectivity index (χ0) is 33.4. The second-order valence-electron chi connectivity index (χ2n) is 8.77. The van der Waals surface area contributed by atoms with E-state index in [9.17, 15) is 101 Å². The zero-order valence-corrected chi connectivity index (χ0v) is 19.8. The molecule has 0 unspecified atom stereocenters. The van der Waals surface area contributed by atoms with Crippen molar-refractivity contribution in [3.05, 3.63) is 0 Å². The van der Waals surface area contributed by atoms with E-state index in [0.29, 0.717) is 0 Å². The van der Waals surface area contributed by atoms with Gasteiger partial charge in [-0.05, 0) is 19.6 Å². The molecule has 0 saturated carbocycles. The smallest absolute Gasteiger partial charge is 0.411 e. The quantitative estimate of drug-likeness (QED) is 0.149. The molecule has 0 aromatic carbocycles. The molecule has 0 bridgehead atoms. The van der Waals surface area contributed by atoms with Gasteiger partial charge in [-0.3, -0.25) is 0 Å². The highest BCUT2D eigenvalue weighted by molar-refractivity contribution is 6.69. The first-order valence-electron chi connectivity index (χ1n) is 9.19. The van der Waals surface area contributed by atoms with Crippen LogP contribution < -0.4 is 0 Å². The predicted octanol–water partition coefficient (Wildman–Crippen LogP) is 8.75. The molecule has 0 aromatic heterocycles. The maximum absolute atomic E-state index is 13.7. The molecule has 0 rings (SSSR count). The van der Waals surface area contributed by atoms with Crippen molar-refractivity contribution in [2.75, 3.05) is 6.61 Å². The average Bonchev–Trinajstić information content (AvgIpc) is 2.69. The van der Waals surface area contributed by atoms with Crippen LogP contribution in [0.2, 0.25) is 19.6 Å². The first kappa shape index (κ1) is 38.6. The summed E-state index contributed by atoms with van der Waals surface area (Å²) in [5, 5.41) is 0. The Morgan fingerprint density at radius 2 is 0.550 bits per heavy atom. The fourth-order valence-corrected chi connectivity index (χ4v) is 2.80. The van der Waals surface area contributed by atoms with Gasteiger partial charge < -0.3 is 4.43 Å². The van der Waals surface area contributed by atoms with Crippen LogP contribution in [0.25, 0.3) is 0 Å². The summed E-state index contributed by atoms with van der Waals surface area (Å²) in [5.74, 6) is -87.5. The van der Waals surface area contributed by atoms with Gasteiger partial charge in [-0.25, -0.2) is 0 Å². The molecule has 0 aromatic rings. The summed E-state index contributed by atoms with van der Waals surface area (Å²) < 4.78 is 309. The maximum Gasteiger partial charge on any atom is 0.460 e. The molecular formula is C15H11F23OSi. The number of alkyl halides is 23. The Hall–Kier alpha value is -1.43. The molecule has 1 nitrogen and oxygen atoms in total. The van der Waals surface area contributed by atoms with E-state index >= 15 is 0 Å². The number of halogens is 23. The van der Waals surface area contributed by atoms with Gasteiger partial charge in [0.05, 0.1) is 0 Å². The lowest BCUT2D eigenvalue weighted by molar-refractivity contribution is -0.478. The van der Waals surface area contributed by atoms with Crippen LogP contribution in [0, 0.1) is 0 Å². The number of rotatable bonds is 12. The summed E-state index contributed by atoms with van der Waals surface area (Å²) in [5.41, 5.74) is 0. The molecule has 0 aliphatic rings. The fourth-order valence-electron chi connectivity index (χ4n) is 2.19. The predicted molar refractivity (Wildman–Crippen MR) is 84.8 cm³/mol. The van der Waals surface area contributed by atoms with Gasteiger partial charge in [-0.2, -0.15) is 101 Å². The Bertz CT molecular complexity index is 910. The highest BCUT2D eigenvalue weighted by Crippen LogP contribution is 2.67. The Kier molecular flexibility index (Phi) is 9.20. The zero-order valence-electron chi connectivity index (χ0n) is 18.8. The highest BCUT2D eigenvalue weighted by Gasteiger charge is 2.98. The van der Waals surface area contributed by atoms with Crippen LogP contribution in [0.5, 0.6) is 0 Å². The molecule has 0 heterocycles. The van der Waals surface area contributed by atoms with Crippen molar-refractivity contribution in [2.24, 2.45) is 0 Å². The van der Waals surface area contributed by atoms with Crippen LogP contribution >= 0.6 is 0 Å². The van der Waals surface area contributed by atoms with Gasteiger partial charge >= 0.3 is 65.4 Å². The normalized spacial score (nSPS) is 16.9. The molecule has 0 spiro atoms. The fraction of sp³-hybridized carbons (Fsp3) is 1.00. The molecule has 0 aliphatic heterocycles. The standard InChI is InChI=1S/C15H11F23OSi/c1-40(2,3)39-4-5(16,17)6(18,19)7(20,21)8(22,23)9(24,25)10(26,27)11(28,29)12(30,31)13(32,33)14(34,35)15(36,37)38/h4H2,1-3H3. The van der Waals surface area contributed by atoms with E-state index in [0.717, 1.165) is 19.6 Å². The third-order valence-corrected chi connectivity index (χ3v) is 5.67. The summed E-state index contributed by atoms with van der Waals surface area (Å²) >= 11 is 0. The van der Waals surface area contributed by atoms with Gasteiger partial charge in [0.25, 0.3) is 0 Å². The lowest BCUT2D eigenvalue weighted by atomic mass is 9.85. The number of hydrogen-bond acceptors (Lipinski definition) is 1. The molecule has 0 amide bonds. The SMILES string of the molecule is C[Si](C)(C)OCC(F)(F)C(F)(F)C(F)(F)C(F)(F)C(F)(F)C(F)(F)C(F)(F)C(F)(F)C(F)(F)C(F)(F)C(F)(F)F. The van der Waals surface area contributed by atoms with E-state index in [1.54, 1.807) is 0 Å². The van der Waals surface area contributed by atoms with Crippen LogP contribution in [0.4, 0.5) is 101 Å². The van der Waals surface area contributed by atoms with E-state index in [1.165, 1.54) is 0 Å². The highest BCUT2D eigenvalue weighted by atomic mass is 28.4. The van der Waals surface area contributed by atoms with Gasteiger partial charge in [-0.1, -0.05) is 0 Å². The molecule has 0 saturated heterocycles. The number of hydrogen-bond donors (Lipinski definition) is 0. The lowest BCUT2D eigenvalue weighted by Gasteiger charge is -2.45. The van der Waals surface area contributed by atoms with Crippen molar-refractivity contribution >= 4 is 8.32 Å². The van der Waals surface area contributed by atoms with Crippen molar-refractivity contribution in [3.8, 4) is 0 Å². The summed E-state index contributed by atoms with van der Waals surface area (Å²) in [7, 11) is -3.52. The van der Waals surface area contributed by atoms with Crippen LogP contribution in [0.15, 0.2) is 0 Å². The van der Waals surface area contributed by atoms with E-state index in [2.05, 4.69) is 4.43 Å². The average molecular weight is 672 g/mol. The first-order valence-corrected chi connectivity index (χ1v) is 12.6. The van der Waals surface area contributed by atoms with E-state index in [4.69, 9.17) is 0 Å². The molecule has 40 heavy (non-hydrogen) atoms. The molecule has 0 atom stereocenters. The molecule has 242 valence electrons. The van der Waals surface area contributed by atoms with E-state index in [1.807, 2.05) is 0 Å². The monoisotopic (exact) mass is 672 g/mol. The van der Waals surface area contributed by atoms with Crippen LogP contribution in [-0.2, 0) is 4.43 Å². The van der Waals surface area contributed by atoms with Crippen molar-refractivity contribution in [3.63, 3.8) is 0 Å². The van der Waals surface area contributed by atoms with Gasteiger partial charge in [0.2, 0.25) is 0 Å². The van der Waals surface area contributed by atoms with E-state index in [-0.39, 0.29) is 0 Å². The molecule has 0 radical (unpaired) electrons. The van der Waals surface area contributed by atoms with Crippen molar-refractivity contribution in [1.29, 1.82) is 0 Å². The van der Waals surface area contributed by atoms with Crippen molar-refractivity contribution < 1.29 is 105 Å². The van der Waals surface area contributed by atoms with Crippen LogP contribution in [-0.4, -0.2) is 80.3 Å². The van der Waals surface area contributed by atoms with Gasteiger partial charge in [-0.15, -0.1) is 0 Å². The summed E-state index contributed by atoms with van der Waals surface area (Å²) in [6.45, 7) is -0.564. The first-order chi connectivity index (χ1) is 16.7. The van der Waals surface area contributed by atoms with Gasteiger partial charge in [0, 0.05) is 0 Å². The minimum Gasteiger partial charge on any atom is -0.411 e. The Morgan fingerprint density at radius 1 is 0.350 bits per heavy atom. The topological polar surface area (TPSA) is 9.23 Å². The summed E-state index contributed by atoms with van der Waals surface area (Å²) in [6, 6.07) is 0. The Labute approximate surface area is 206 Å². The summed E-state index contributed by atoms with van der Waals surface area (Å²) in [4.78, 5) is 0. The Balaban J connectivity index is 7.11. The second kappa shape index (κ2) is 9.54.